The number of imidazole rings is 1. The third-order valence-electron chi connectivity index (χ3n) is 2.69. The molecule has 0 saturated carbocycles. The molecule has 3 aromatic rings. The first-order valence-corrected chi connectivity index (χ1v) is 6.61. The second-order valence-electron chi connectivity index (χ2n) is 4.21. The Morgan fingerprint density at radius 1 is 1.26 bits per heavy atom. The maximum Gasteiger partial charge on any atom is 0.137 e. The van der Waals surface area contributed by atoms with Gasteiger partial charge in [0.05, 0.1) is 5.69 Å². The van der Waals surface area contributed by atoms with E-state index < -0.39 is 0 Å². The first-order valence-electron chi connectivity index (χ1n) is 5.82. The van der Waals surface area contributed by atoms with Gasteiger partial charge in [0.1, 0.15) is 18.0 Å². The van der Waals surface area contributed by atoms with Gasteiger partial charge in [0.15, 0.2) is 0 Å². The zero-order valence-corrected chi connectivity index (χ0v) is 11.7. The van der Waals surface area contributed by atoms with E-state index in [1.165, 1.54) is 0 Å². The molecule has 0 aliphatic carbocycles. The van der Waals surface area contributed by atoms with Gasteiger partial charge in [-0.05, 0) is 24.3 Å². The van der Waals surface area contributed by atoms with E-state index in [9.17, 15) is 0 Å². The summed E-state index contributed by atoms with van der Waals surface area (Å²) in [5.41, 5.74) is 8.22. The van der Waals surface area contributed by atoms with Crippen LogP contribution in [0.15, 0.2) is 53.3 Å². The summed E-state index contributed by atoms with van der Waals surface area (Å²) in [5, 5.41) is 0. The van der Waals surface area contributed by atoms with Crippen LogP contribution in [0, 0.1) is 0 Å². The number of ether oxygens (including phenoxy) is 1. The molecule has 0 atom stereocenters. The van der Waals surface area contributed by atoms with E-state index >= 15 is 0 Å². The van der Waals surface area contributed by atoms with Crippen LogP contribution in [0.2, 0.25) is 0 Å². The van der Waals surface area contributed by atoms with Crippen LogP contribution < -0.4 is 10.5 Å². The summed E-state index contributed by atoms with van der Waals surface area (Å²) in [5.74, 6) is 0.726. The Labute approximate surface area is 119 Å². The summed E-state index contributed by atoms with van der Waals surface area (Å²) in [7, 11) is 0. The van der Waals surface area contributed by atoms with Gasteiger partial charge in [0, 0.05) is 28.6 Å². The number of nitrogens with two attached hydrogens (primary N) is 1. The normalized spacial score (nSPS) is 10.8. The minimum Gasteiger partial charge on any atom is -0.487 e. The molecule has 0 aliphatic heterocycles. The Balaban J connectivity index is 1.78. The lowest BCUT2D eigenvalue weighted by Crippen LogP contribution is -1.96. The van der Waals surface area contributed by atoms with E-state index in [-0.39, 0.29) is 0 Å². The van der Waals surface area contributed by atoms with Crippen molar-refractivity contribution in [3.63, 3.8) is 0 Å². The van der Waals surface area contributed by atoms with Crippen molar-refractivity contribution >= 4 is 27.3 Å². The van der Waals surface area contributed by atoms with Gasteiger partial charge >= 0.3 is 0 Å². The second-order valence-corrected chi connectivity index (χ2v) is 5.12. The zero-order chi connectivity index (χ0) is 13.2. The van der Waals surface area contributed by atoms with Gasteiger partial charge in [-0.15, -0.1) is 0 Å². The zero-order valence-electron chi connectivity index (χ0n) is 10.1. The molecule has 5 heteroatoms. The van der Waals surface area contributed by atoms with E-state index in [2.05, 4.69) is 20.9 Å². The summed E-state index contributed by atoms with van der Waals surface area (Å²) in [4.78, 5) is 4.47. The SMILES string of the molecule is Nc1cc(Br)cc(OCc2cn3ccccc3n2)c1. The maximum absolute atomic E-state index is 5.76. The number of halogens is 1. The van der Waals surface area contributed by atoms with Crippen LogP contribution in [0.4, 0.5) is 5.69 Å². The van der Waals surface area contributed by atoms with E-state index in [1.54, 1.807) is 6.07 Å². The molecule has 0 unspecified atom stereocenters. The van der Waals surface area contributed by atoms with E-state index in [0.717, 1.165) is 21.6 Å². The first-order chi connectivity index (χ1) is 9.20. The summed E-state index contributed by atoms with van der Waals surface area (Å²) in [6.45, 7) is 0.414. The van der Waals surface area contributed by atoms with Gasteiger partial charge in [-0.1, -0.05) is 22.0 Å². The largest absolute Gasteiger partial charge is 0.487 e. The van der Waals surface area contributed by atoms with Gasteiger partial charge in [0.2, 0.25) is 0 Å². The second kappa shape index (κ2) is 4.93. The molecule has 0 saturated heterocycles. The van der Waals surface area contributed by atoms with Crippen LogP contribution in [0.1, 0.15) is 5.69 Å². The lowest BCUT2D eigenvalue weighted by molar-refractivity contribution is 0.302. The van der Waals surface area contributed by atoms with Gasteiger partial charge in [-0.25, -0.2) is 4.98 Å². The van der Waals surface area contributed by atoms with Gasteiger partial charge in [-0.2, -0.15) is 0 Å². The van der Waals surface area contributed by atoms with Crippen molar-refractivity contribution in [2.24, 2.45) is 0 Å². The lowest BCUT2D eigenvalue weighted by atomic mass is 10.3. The summed E-state index contributed by atoms with van der Waals surface area (Å²) in [6.07, 6.45) is 3.92. The minimum absolute atomic E-state index is 0.414. The molecular weight excluding hydrogens is 306 g/mol. The standard InChI is InChI=1S/C14H12BrN3O/c15-10-5-11(16)7-13(6-10)19-9-12-8-18-4-2-1-3-14(18)17-12/h1-8H,9,16H2. The molecule has 19 heavy (non-hydrogen) atoms. The fraction of sp³-hybridized carbons (Fsp3) is 0.0714. The summed E-state index contributed by atoms with van der Waals surface area (Å²) in [6, 6.07) is 11.4. The molecule has 2 aromatic heterocycles. The molecule has 0 bridgehead atoms. The molecule has 2 N–H and O–H groups in total. The number of nitrogens with zero attached hydrogens (tertiary/aromatic N) is 2. The van der Waals surface area contributed by atoms with Gasteiger partial charge < -0.3 is 14.9 Å². The Morgan fingerprint density at radius 2 is 2.16 bits per heavy atom. The molecule has 3 rings (SSSR count). The topological polar surface area (TPSA) is 52.5 Å². The highest BCUT2D eigenvalue weighted by Gasteiger charge is 2.03. The van der Waals surface area contributed by atoms with E-state index in [0.29, 0.717) is 12.3 Å². The number of nitrogen functional groups attached to an aromatic ring is 1. The number of rotatable bonds is 3. The van der Waals surface area contributed by atoms with Crippen LogP contribution >= 0.6 is 15.9 Å². The molecular formula is C14H12BrN3O. The van der Waals surface area contributed by atoms with Crippen LogP contribution in [0.5, 0.6) is 5.75 Å². The lowest BCUT2D eigenvalue weighted by Gasteiger charge is -2.05. The molecule has 0 radical (unpaired) electrons. The fourth-order valence-corrected chi connectivity index (χ4v) is 2.37. The predicted octanol–water partition coefficient (Wildman–Crippen LogP) is 3.26. The number of hydrogen-bond acceptors (Lipinski definition) is 3. The number of anilines is 1. The Morgan fingerprint density at radius 3 is 2.95 bits per heavy atom. The minimum atomic E-state index is 0.414. The quantitative estimate of drug-likeness (QED) is 0.754. The third-order valence-corrected chi connectivity index (χ3v) is 3.15. The molecule has 0 aliphatic rings. The van der Waals surface area contributed by atoms with Crippen LogP contribution in [0.25, 0.3) is 5.65 Å². The molecule has 4 nitrogen and oxygen atoms in total. The number of aromatic nitrogens is 2. The number of fused-ring (bicyclic) bond motifs is 1. The molecule has 0 spiro atoms. The predicted molar refractivity (Wildman–Crippen MR) is 78.1 cm³/mol. The van der Waals surface area contributed by atoms with Crippen molar-refractivity contribution in [1.82, 2.24) is 9.38 Å². The summed E-state index contributed by atoms with van der Waals surface area (Å²) >= 11 is 3.39. The van der Waals surface area contributed by atoms with Gasteiger partial charge in [0.25, 0.3) is 0 Å². The van der Waals surface area contributed by atoms with Gasteiger partial charge in [-0.3, -0.25) is 0 Å². The smallest absolute Gasteiger partial charge is 0.137 e. The average Bonchev–Trinajstić information content (AvgIpc) is 2.78. The number of pyridine rings is 1. The third kappa shape index (κ3) is 2.71. The highest BCUT2D eigenvalue weighted by molar-refractivity contribution is 9.10. The van der Waals surface area contributed by atoms with Crippen molar-refractivity contribution in [2.75, 3.05) is 5.73 Å². The van der Waals surface area contributed by atoms with Crippen molar-refractivity contribution in [2.45, 2.75) is 6.61 Å². The molecule has 0 fully saturated rings. The Kier molecular flexibility index (Phi) is 3.13. The number of hydrogen-bond donors (Lipinski definition) is 1. The van der Waals surface area contributed by atoms with E-state index in [4.69, 9.17) is 10.5 Å². The van der Waals surface area contributed by atoms with E-state index in [1.807, 2.05) is 47.1 Å². The fourth-order valence-electron chi connectivity index (χ4n) is 1.88. The molecule has 0 amide bonds. The molecule has 1 aromatic carbocycles. The van der Waals surface area contributed by atoms with Crippen molar-refractivity contribution in [1.29, 1.82) is 0 Å². The highest BCUT2D eigenvalue weighted by Crippen LogP contribution is 2.23. The highest BCUT2D eigenvalue weighted by atomic mass is 79.9. The monoisotopic (exact) mass is 317 g/mol. The Hall–Kier alpha value is -2.01. The first kappa shape index (κ1) is 12.0. The summed E-state index contributed by atoms with van der Waals surface area (Å²) < 4.78 is 8.56. The van der Waals surface area contributed by atoms with Crippen LogP contribution in [-0.2, 0) is 6.61 Å². The van der Waals surface area contributed by atoms with Crippen LogP contribution in [0.3, 0.4) is 0 Å². The average molecular weight is 318 g/mol. The maximum atomic E-state index is 5.76. The molecule has 2 heterocycles. The van der Waals surface area contributed by atoms with Crippen molar-refractivity contribution in [3.8, 4) is 5.75 Å². The molecule has 96 valence electrons. The van der Waals surface area contributed by atoms with Crippen molar-refractivity contribution < 1.29 is 4.74 Å². The van der Waals surface area contributed by atoms with Crippen molar-refractivity contribution in [3.05, 3.63) is 59.0 Å². The van der Waals surface area contributed by atoms with Crippen LogP contribution in [-0.4, -0.2) is 9.38 Å². The number of benzene rings is 1. The Bertz CT molecular complexity index is 670.